The lowest BCUT2D eigenvalue weighted by Gasteiger charge is -2.11. The third-order valence-corrected chi connectivity index (χ3v) is 3.54. The third kappa shape index (κ3) is 3.45. The minimum Gasteiger partial charge on any atom is -0.349 e. The number of nitrogens with zero attached hydrogens (tertiary/aromatic N) is 1. The summed E-state index contributed by atoms with van der Waals surface area (Å²) in [6.07, 6.45) is 6.03. The zero-order valence-corrected chi connectivity index (χ0v) is 11.1. The summed E-state index contributed by atoms with van der Waals surface area (Å²) in [6, 6.07) is 9.97. The van der Waals surface area contributed by atoms with Crippen LogP contribution in [-0.4, -0.2) is 11.9 Å². The molecular weight excluding hydrogens is 236 g/mol. The van der Waals surface area contributed by atoms with Crippen molar-refractivity contribution in [3.05, 3.63) is 41.0 Å². The van der Waals surface area contributed by atoms with Crippen LogP contribution in [-0.2, 0) is 4.79 Å². The van der Waals surface area contributed by atoms with Gasteiger partial charge in [-0.1, -0.05) is 37.1 Å². The fourth-order valence-electron chi connectivity index (χ4n) is 2.39. The maximum Gasteiger partial charge on any atom is 0.262 e. The summed E-state index contributed by atoms with van der Waals surface area (Å²) in [5, 5.41) is 12.1. The lowest BCUT2D eigenvalue weighted by Crippen LogP contribution is -2.33. The van der Waals surface area contributed by atoms with Crippen molar-refractivity contribution in [3.8, 4) is 6.07 Å². The molecule has 19 heavy (non-hydrogen) atoms. The Morgan fingerprint density at radius 2 is 2.05 bits per heavy atom. The van der Waals surface area contributed by atoms with Crippen LogP contribution in [0.15, 0.2) is 29.8 Å². The van der Waals surface area contributed by atoms with Gasteiger partial charge in [-0.3, -0.25) is 4.79 Å². The highest BCUT2D eigenvalue weighted by atomic mass is 16.1. The van der Waals surface area contributed by atoms with Gasteiger partial charge in [0.2, 0.25) is 0 Å². The van der Waals surface area contributed by atoms with E-state index in [9.17, 15) is 4.79 Å². The second-order valence-electron chi connectivity index (χ2n) is 4.98. The number of hydrogen-bond donors (Lipinski definition) is 1. The number of amides is 1. The second kappa shape index (κ2) is 6.19. The molecule has 0 radical (unpaired) electrons. The lowest BCUT2D eigenvalue weighted by atomic mass is 10.1. The molecule has 0 aliphatic heterocycles. The summed E-state index contributed by atoms with van der Waals surface area (Å²) >= 11 is 0. The highest BCUT2D eigenvalue weighted by molar-refractivity contribution is 6.01. The van der Waals surface area contributed by atoms with Crippen molar-refractivity contribution in [1.29, 1.82) is 5.26 Å². The Bertz CT molecular complexity index is 534. The van der Waals surface area contributed by atoms with Gasteiger partial charge >= 0.3 is 0 Å². The van der Waals surface area contributed by atoms with Crippen LogP contribution in [0.1, 0.15) is 36.8 Å². The monoisotopic (exact) mass is 254 g/mol. The van der Waals surface area contributed by atoms with E-state index in [2.05, 4.69) is 5.32 Å². The number of nitrogens with one attached hydrogen (secondary N) is 1. The van der Waals surface area contributed by atoms with E-state index in [-0.39, 0.29) is 17.5 Å². The molecule has 98 valence electrons. The van der Waals surface area contributed by atoms with Crippen molar-refractivity contribution in [2.75, 3.05) is 0 Å². The average Bonchev–Trinajstić information content (AvgIpc) is 2.90. The standard InChI is InChI=1S/C16H18N2O/c1-12-6-2-3-7-13(12)10-14(11-17)16(19)18-15-8-4-5-9-15/h2-3,6-7,10,15H,4-5,8-9H2,1H3,(H,18,19)/b14-10-. The van der Waals surface area contributed by atoms with Crippen LogP contribution in [0.2, 0.25) is 0 Å². The lowest BCUT2D eigenvalue weighted by molar-refractivity contribution is -0.117. The minimum absolute atomic E-state index is 0.182. The van der Waals surface area contributed by atoms with Gasteiger partial charge in [0, 0.05) is 6.04 Å². The number of hydrogen-bond acceptors (Lipinski definition) is 2. The molecule has 1 N–H and O–H groups in total. The van der Waals surface area contributed by atoms with E-state index in [0.717, 1.165) is 36.8 Å². The van der Waals surface area contributed by atoms with E-state index in [4.69, 9.17) is 5.26 Å². The number of carbonyl (C=O) groups is 1. The molecule has 2 rings (SSSR count). The highest BCUT2D eigenvalue weighted by Crippen LogP contribution is 2.18. The molecule has 0 atom stereocenters. The van der Waals surface area contributed by atoms with E-state index in [1.807, 2.05) is 37.3 Å². The fraction of sp³-hybridized carbons (Fsp3) is 0.375. The predicted octanol–water partition coefficient (Wildman–Crippen LogP) is 2.96. The first kappa shape index (κ1) is 13.4. The third-order valence-electron chi connectivity index (χ3n) is 3.54. The summed E-state index contributed by atoms with van der Waals surface area (Å²) < 4.78 is 0. The Hall–Kier alpha value is -2.08. The molecule has 3 nitrogen and oxygen atoms in total. The van der Waals surface area contributed by atoms with Crippen molar-refractivity contribution >= 4 is 12.0 Å². The first-order chi connectivity index (χ1) is 9.20. The van der Waals surface area contributed by atoms with Gasteiger partial charge < -0.3 is 5.32 Å². The highest BCUT2D eigenvalue weighted by Gasteiger charge is 2.19. The van der Waals surface area contributed by atoms with Gasteiger partial charge in [-0.25, -0.2) is 0 Å². The van der Waals surface area contributed by atoms with Crippen LogP contribution in [0.25, 0.3) is 6.08 Å². The maximum absolute atomic E-state index is 12.0. The smallest absolute Gasteiger partial charge is 0.262 e. The Morgan fingerprint density at radius 1 is 1.37 bits per heavy atom. The molecule has 0 bridgehead atoms. The first-order valence-electron chi connectivity index (χ1n) is 6.69. The molecule has 3 heteroatoms. The van der Waals surface area contributed by atoms with Crippen LogP contribution in [0.3, 0.4) is 0 Å². The molecule has 1 aromatic rings. The molecule has 1 saturated carbocycles. The molecule has 1 amide bonds. The summed E-state index contributed by atoms with van der Waals surface area (Å²) in [7, 11) is 0. The van der Waals surface area contributed by atoms with Gasteiger partial charge in [-0.15, -0.1) is 0 Å². The van der Waals surface area contributed by atoms with Gasteiger partial charge in [-0.05, 0) is 37.0 Å². The van der Waals surface area contributed by atoms with E-state index < -0.39 is 0 Å². The predicted molar refractivity (Wildman–Crippen MR) is 75.2 cm³/mol. The zero-order valence-electron chi connectivity index (χ0n) is 11.1. The molecule has 0 spiro atoms. The molecular formula is C16H18N2O. The molecule has 1 aliphatic rings. The van der Waals surface area contributed by atoms with Crippen molar-refractivity contribution in [1.82, 2.24) is 5.32 Å². The summed E-state index contributed by atoms with van der Waals surface area (Å²) in [5.41, 5.74) is 2.16. The number of aryl methyl sites for hydroxylation is 1. The van der Waals surface area contributed by atoms with Crippen molar-refractivity contribution in [2.45, 2.75) is 38.6 Å². The van der Waals surface area contributed by atoms with Crippen LogP contribution in [0.4, 0.5) is 0 Å². The molecule has 0 saturated heterocycles. The van der Waals surface area contributed by atoms with Gasteiger partial charge in [-0.2, -0.15) is 5.26 Å². The van der Waals surface area contributed by atoms with Crippen molar-refractivity contribution in [3.63, 3.8) is 0 Å². The summed E-state index contributed by atoms with van der Waals surface area (Å²) in [4.78, 5) is 12.0. The van der Waals surface area contributed by atoms with Gasteiger partial charge in [0.1, 0.15) is 11.6 Å². The molecule has 1 fully saturated rings. The van der Waals surface area contributed by atoms with E-state index in [1.165, 1.54) is 0 Å². The van der Waals surface area contributed by atoms with Crippen molar-refractivity contribution in [2.24, 2.45) is 0 Å². The minimum atomic E-state index is -0.252. The summed E-state index contributed by atoms with van der Waals surface area (Å²) in [6.45, 7) is 1.97. The first-order valence-corrected chi connectivity index (χ1v) is 6.69. The number of carbonyl (C=O) groups excluding carboxylic acids is 1. The Morgan fingerprint density at radius 3 is 2.68 bits per heavy atom. The normalized spacial score (nSPS) is 16.1. The number of benzene rings is 1. The van der Waals surface area contributed by atoms with Crippen LogP contribution < -0.4 is 5.32 Å². The van der Waals surface area contributed by atoms with Gasteiger partial charge in [0.05, 0.1) is 0 Å². The fourth-order valence-corrected chi connectivity index (χ4v) is 2.39. The van der Waals surface area contributed by atoms with Crippen LogP contribution in [0.5, 0.6) is 0 Å². The van der Waals surface area contributed by atoms with E-state index in [0.29, 0.717) is 0 Å². The molecule has 1 aliphatic carbocycles. The topological polar surface area (TPSA) is 52.9 Å². The summed E-state index contributed by atoms with van der Waals surface area (Å²) in [5.74, 6) is -0.252. The molecule has 0 unspecified atom stereocenters. The molecule has 0 aromatic heterocycles. The Balaban J connectivity index is 2.13. The van der Waals surface area contributed by atoms with E-state index in [1.54, 1.807) is 6.08 Å². The number of rotatable bonds is 3. The van der Waals surface area contributed by atoms with Crippen molar-refractivity contribution < 1.29 is 4.79 Å². The van der Waals surface area contributed by atoms with E-state index >= 15 is 0 Å². The molecule has 1 aromatic carbocycles. The maximum atomic E-state index is 12.0. The Labute approximate surface area is 113 Å². The SMILES string of the molecule is Cc1ccccc1/C=C(/C#N)C(=O)NC1CCCC1. The largest absolute Gasteiger partial charge is 0.349 e. The zero-order chi connectivity index (χ0) is 13.7. The Kier molecular flexibility index (Phi) is 4.35. The van der Waals surface area contributed by atoms with Crippen LogP contribution in [0, 0.1) is 18.3 Å². The number of nitriles is 1. The molecule has 0 heterocycles. The average molecular weight is 254 g/mol. The van der Waals surface area contributed by atoms with Gasteiger partial charge in [0.15, 0.2) is 0 Å². The second-order valence-corrected chi connectivity index (χ2v) is 4.98. The quantitative estimate of drug-likeness (QED) is 0.666. The van der Waals surface area contributed by atoms with Gasteiger partial charge in [0.25, 0.3) is 5.91 Å². The van der Waals surface area contributed by atoms with Crippen LogP contribution >= 0.6 is 0 Å².